The number of imide groups is 1. The minimum Gasteiger partial charge on any atom is -0.490 e. The molecule has 36 heavy (non-hydrogen) atoms. The van der Waals surface area contributed by atoms with Gasteiger partial charge in [0.1, 0.15) is 12.3 Å². The van der Waals surface area contributed by atoms with Gasteiger partial charge in [0.2, 0.25) is 0 Å². The molecule has 8 nitrogen and oxygen atoms in total. The number of halogens is 2. The average molecular weight is 527 g/mol. The standard InChI is InChI=1S/C26H20Cl2N2O6/c1-2-35-22-13-16(11-20(28)23(22)36-14-15-4-3-5-17(10-15)25(32)33)12-21-24(31)30(26(34)29-21)19-8-6-18(27)7-9-19/h3-13H,2,14H2,1H3,(H,29,34)(H,32,33)/b21-12+. The molecule has 1 heterocycles. The fourth-order valence-electron chi connectivity index (χ4n) is 3.55. The molecule has 3 amide bonds. The third-order valence-electron chi connectivity index (χ3n) is 5.16. The number of urea groups is 1. The van der Waals surface area contributed by atoms with E-state index >= 15 is 0 Å². The third-order valence-corrected chi connectivity index (χ3v) is 5.70. The van der Waals surface area contributed by atoms with Crippen LogP contribution >= 0.6 is 23.2 Å². The Morgan fingerprint density at radius 1 is 1.06 bits per heavy atom. The molecule has 0 unspecified atom stereocenters. The van der Waals surface area contributed by atoms with Gasteiger partial charge in [-0.2, -0.15) is 0 Å². The van der Waals surface area contributed by atoms with Crippen LogP contribution in [0.1, 0.15) is 28.4 Å². The number of nitrogens with zero attached hydrogens (tertiary/aromatic N) is 1. The Morgan fingerprint density at radius 2 is 1.81 bits per heavy atom. The molecule has 1 aliphatic heterocycles. The molecule has 1 fully saturated rings. The van der Waals surface area contributed by atoms with E-state index in [1.807, 2.05) is 0 Å². The summed E-state index contributed by atoms with van der Waals surface area (Å²) in [4.78, 5) is 37.6. The van der Waals surface area contributed by atoms with Crippen LogP contribution in [0, 0.1) is 0 Å². The quantitative estimate of drug-likeness (QED) is 0.285. The van der Waals surface area contributed by atoms with Gasteiger partial charge < -0.3 is 19.9 Å². The van der Waals surface area contributed by atoms with Crippen molar-refractivity contribution in [3.8, 4) is 11.5 Å². The van der Waals surface area contributed by atoms with E-state index < -0.39 is 17.9 Å². The van der Waals surface area contributed by atoms with Crippen molar-refractivity contribution in [1.29, 1.82) is 0 Å². The lowest BCUT2D eigenvalue weighted by molar-refractivity contribution is -0.113. The summed E-state index contributed by atoms with van der Waals surface area (Å²) in [6.45, 7) is 2.18. The van der Waals surface area contributed by atoms with E-state index in [0.717, 1.165) is 4.90 Å². The number of carbonyl (C=O) groups excluding carboxylic acids is 2. The second-order valence-corrected chi connectivity index (χ2v) is 8.51. The summed E-state index contributed by atoms with van der Waals surface area (Å²) in [5, 5.41) is 12.4. The number of benzene rings is 3. The van der Waals surface area contributed by atoms with E-state index in [1.54, 1.807) is 55.5 Å². The number of aromatic carboxylic acids is 1. The molecule has 3 aromatic rings. The van der Waals surface area contributed by atoms with Crippen LogP contribution in [0.2, 0.25) is 10.0 Å². The average Bonchev–Trinajstić information content (AvgIpc) is 3.12. The highest BCUT2D eigenvalue weighted by Crippen LogP contribution is 2.38. The Bertz CT molecular complexity index is 1370. The number of carboxylic acid groups (broad SMARTS) is 1. The van der Waals surface area contributed by atoms with Crippen molar-refractivity contribution in [3.63, 3.8) is 0 Å². The number of nitrogens with one attached hydrogen (secondary N) is 1. The largest absolute Gasteiger partial charge is 0.490 e. The zero-order chi connectivity index (χ0) is 25.8. The lowest BCUT2D eigenvalue weighted by Crippen LogP contribution is -2.30. The van der Waals surface area contributed by atoms with Crippen LogP contribution in [-0.2, 0) is 11.4 Å². The minimum atomic E-state index is -1.04. The normalized spacial score (nSPS) is 14.2. The number of carbonyl (C=O) groups is 3. The SMILES string of the molecule is CCOc1cc(/C=C2/NC(=O)N(c3ccc(Cl)cc3)C2=O)cc(Cl)c1OCc1cccc(C(=O)O)c1. The van der Waals surface area contributed by atoms with Gasteiger partial charge in [0.05, 0.1) is 22.9 Å². The molecule has 4 rings (SSSR count). The lowest BCUT2D eigenvalue weighted by atomic mass is 10.1. The first-order valence-corrected chi connectivity index (χ1v) is 11.6. The van der Waals surface area contributed by atoms with Crippen molar-refractivity contribution in [2.45, 2.75) is 13.5 Å². The molecular weight excluding hydrogens is 507 g/mol. The highest BCUT2D eigenvalue weighted by Gasteiger charge is 2.35. The Labute approximate surface area is 216 Å². The van der Waals surface area contributed by atoms with Crippen LogP contribution in [-0.4, -0.2) is 29.6 Å². The second-order valence-electron chi connectivity index (χ2n) is 7.66. The first-order valence-electron chi connectivity index (χ1n) is 10.8. The first-order chi connectivity index (χ1) is 17.3. The van der Waals surface area contributed by atoms with Gasteiger partial charge in [0.25, 0.3) is 5.91 Å². The van der Waals surface area contributed by atoms with Crippen molar-refractivity contribution < 1.29 is 29.0 Å². The van der Waals surface area contributed by atoms with Crippen LogP contribution in [0.15, 0.2) is 66.4 Å². The van der Waals surface area contributed by atoms with E-state index in [4.69, 9.17) is 32.7 Å². The summed E-state index contributed by atoms with van der Waals surface area (Å²) in [7, 11) is 0. The maximum atomic E-state index is 12.9. The van der Waals surface area contributed by atoms with E-state index in [0.29, 0.717) is 34.2 Å². The van der Waals surface area contributed by atoms with Gasteiger partial charge in [-0.3, -0.25) is 4.79 Å². The molecule has 0 spiro atoms. The zero-order valence-corrected chi connectivity index (χ0v) is 20.5. The molecule has 3 aromatic carbocycles. The summed E-state index contributed by atoms with van der Waals surface area (Å²) in [5.74, 6) is -0.968. The van der Waals surface area contributed by atoms with Gasteiger partial charge in [-0.1, -0.05) is 35.3 Å². The smallest absolute Gasteiger partial charge is 0.335 e. The number of hydrogen-bond acceptors (Lipinski definition) is 5. The number of carboxylic acids is 1. The van der Waals surface area contributed by atoms with Gasteiger partial charge in [-0.05, 0) is 72.7 Å². The van der Waals surface area contributed by atoms with Crippen LogP contribution in [0.5, 0.6) is 11.5 Å². The highest BCUT2D eigenvalue weighted by molar-refractivity contribution is 6.33. The Balaban J connectivity index is 1.59. The third kappa shape index (κ3) is 5.45. The van der Waals surface area contributed by atoms with Crippen molar-refractivity contribution in [2.75, 3.05) is 11.5 Å². The molecule has 0 bridgehead atoms. The number of amides is 3. The minimum absolute atomic E-state index is 0.0615. The van der Waals surface area contributed by atoms with E-state index in [2.05, 4.69) is 5.32 Å². The summed E-state index contributed by atoms with van der Waals surface area (Å²) >= 11 is 12.4. The molecule has 2 N–H and O–H groups in total. The predicted octanol–water partition coefficient (Wildman–Crippen LogP) is 5.77. The second kappa shape index (κ2) is 10.7. The number of ether oxygens (including phenoxy) is 2. The predicted molar refractivity (Wildman–Crippen MR) is 136 cm³/mol. The van der Waals surface area contributed by atoms with Gasteiger partial charge in [0, 0.05) is 5.02 Å². The summed E-state index contributed by atoms with van der Waals surface area (Å²) in [6, 6.07) is 15.3. The molecule has 0 aromatic heterocycles. The van der Waals surface area contributed by atoms with Gasteiger partial charge in [-0.15, -0.1) is 0 Å². The molecule has 10 heteroatoms. The molecule has 1 saturated heterocycles. The van der Waals surface area contributed by atoms with Gasteiger partial charge in [0.15, 0.2) is 11.5 Å². The van der Waals surface area contributed by atoms with Crippen LogP contribution in [0.25, 0.3) is 6.08 Å². The van der Waals surface area contributed by atoms with Crippen molar-refractivity contribution >= 4 is 52.9 Å². The molecular formula is C26H20Cl2N2O6. The van der Waals surface area contributed by atoms with Crippen LogP contribution in [0.3, 0.4) is 0 Å². The first kappa shape index (κ1) is 25.1. The Kier molecular flexibility index (Phi) is 7.47. The summed E-state index contributed by atoms with van der Waals surface area (Å²) in [6.07, 6.45) is 1.49. The van der Waals surface area contributed by atoms with Crippen molar-refractivity contribution in [2.24, 2.45) is 0 Å². The molecule has 0 atom stereocenters. The number of rotatable bonds is 8. The Morgan fingerprint density at radius 3 is 2.50 bits per heavy atom. The van der Waals surface area contributed by atoms with E-state index in [1.165, 1.54) is 18.2 Å². The lowest BCUT2D eigenvalue weighted by Gasteiger charge is -2.15. The monoisotopic (exact) mass is 526 g/mol. The van der Waals surface area contributed by atoms with E-state index in [-0.39, 0.29) is 28.6 Å². The number of anilines is 1. The summed E-state index contributed by atoms with van der Waals surface area (Å²) < 4.78 is 11.6. The highest BCUT2D eigenvalue weighted by atomic mass is 35.5. The van der Waals surface area contributed by atoms with Crippen LogP contribution < -0.4 is 19.7 Å². The molecule has 1 aliphatic rings. The Hall–Kier alpha value is -4.01. The van der Waals surface area contributed by atoms with Crippen molar-refractivity contribution in [1.82, 2.24) is 5.32 Å². The maximum absolute atomic E-state index is 12.9. The number of hydrogen-bond donors (Lipinski definition) is 2. The van der Waals surface area contributed by atoms with Gasteiger partial charge in [-0.25, -0.2) is 14.5 Å². The van der Waals surface area contributed by atoms with Gasteiger partial charge >= 0.3 is 12.0 Å². The molecule has 184 valence electrons. The molecule has 0 saturated carbocycles. The maximum Gasteiger partial charge on any atom is 0.335 e. The fourth-order valence-corrected chi connectivity index (χ4v) is 3.95. The van der Waals surface area contributed by atoms with Crippen molar-refractivity contribution in [3.05, 3.63) is 93.1 Å². The molecule has 0 radical (unpaired) electrons. The zero-order valence-electron chi connectivity index (χ0n) is 19.0. The summed E-state index contributed by atoms with van der Waals surface area (Å²) in [5.41, 5.74) is 1.73. The molecule has 0 aliphatic carbocycles. The fraction of sp³-hybridized carbons (Fsp3) is 0.115. The topological polar surface area (TPSA) is 105 Å². The van der Waals surface area contributed by atoms with Crippen LogP contribution in [0.4, 0.5) is 10.5 Å². The van der Waals surface area contributed by atoms with E-state index in [9.17, 15) is 19.5 Å².